The first kappa shape index (κ1) is 12.6. The van der Waals surface area contributed by atoms with E-state index >= 15 is 0 Å². The number of nitrogens with zero attached hydrogens (tertiary/aromatic N) is 1. The third-order valence-corrected chi connectivity index (χ3v) is 3.10. The predicted octanol–water partition coefficient (Wildman–Crippen LogP) is 3.36. The molecule has 0 atom stereocenters. The zero-order valence-electron chi connectivity index (χ0n) is 10.7. The number of nitrogens with two attached hydrogens (primary N) is 1. The molecule has 3 heteroatoms. The molecule has 0 saturated carbocycles. The topological polar surface area (TPSA) is 29.3 Å². The van der Waals surface area contributed by atoms with E-state index in [9.17, 15) is 4.39 Å². The molecule has 2 N–H and O–H groups in total. The summed E-state index contributed by atoms with van der Waals surface area (Å²) in [6, 6.07) is 12.9. The maximum Gasteiger partial charge on any atom is 0.147 e. The van der Waals surface area contributed by atoms with Crippen LogP contribution in [0.25, 0.3) is 0 Å². The van der Waals surface area contributed by atoms with Crippen molar-refractivity contribution in [2.45, 2.75) is 13.5 Å². The average molecular weight is 244 g/mol. The minimum atomic E-state index is -0.247. The lowest BCUT2D eigenvalue weighted by Gasteiger charge is -2.24. The predicted molar refractivity (Wildman–Crippen MR) is 73.5 cm³/mol. The summed E-state index contributed by atoms with van der Waals surface area (Å²) in [6.07, 6.45) is 0. The number of hydrogen-bond acceptors (Lipinski definition) is 2. The lowest BCUT2D eigenvalue weighted by Crippen LogP contribution is -2.16. The van der Waals surface area contributed by atoms with Crippen molar-refractivity contribution >= 4 is 11.4 Å². The molecule has 0 unspecified atom stereocenters. The Labute approximate surface area is 107 Å². The van der Waals surface area contributed by atoms with Gasteiger partial charge in [-0.05, 0) is 30.2 Å². The third kappa shape index (κ3) is 2.22. The Balaban J connectivity index is 2.52. The molecule has 94 valence electrons. The minimum Gasteiger partial charge on any atom is -0.342 e. The maximum atomic E-state index is 14.0. The number of aryl methyl sites for hydroxylation is 1. The highest BCUT2D eigenvalue weighted by atomic mass is 19.1. The van der Waals surface area contributed by atoms with Crippen molar-refractivity contribution in [3.63, 3.8) is 0 Å². The normalized spacial score (nSPS) is 10.4. The molecule has 0 aliphatic rings. The van der Waals surface area contributed by atoms with Gasteiger partial charge in [-0.2, -0.15) is 0 Å². The van der Waals surface area contributed by atoms with Crippen LogP contribution in [0.4, 0.5) is 15.8 Å². The van der Waals surface area contributed by atoms with E-state index in [0.717, 1.165) is 16.8 Å². The molecule has 0 heterocycles. The second-order valence-corrected chi connectivity index (χ2v) is 4.30. The first-order chi connectivity index (χ1) is 8.65. The van der Waals surface area contributed by atoms with Crippen molar-refractivity contribution in [2.75, 3.05) is 11.9 Å². The Morgan fingerprint density at radius 1 is 1.11 bits per heavy atom. The first-order valence-corrected chi connectivity index (χ1v) is 5.92. The monoisotopic (exact) mass is 244 g/mol. The smallest absolute Gasteiger partial charge is 0.147 e. The average Bonchev–Trinajstić information content (AvgIpc) is 2.38. The highest BCUT2D eigenvalue weighted by Crippen LogP contribution is 2.31. The molecule has 0 aliphatic carbocycles. The summed E-state index contributed by atoms with van der Waals surface area (Å²) in [5.41, 5.74) is 9.12. The lowest BCUT2D eigenvalue weighted by molar-refractivity contribution is 0.625. The Bertz CT molecular complexity index is 552. The van der Waals surface area contributed by atoms with E-state index in [1.807, 2.05) is 49.2 Å². The molecule has 2 aromatic carbocycles. The Morgan fingerprint density at radius 3 is 2.50 bits per heavy atom. The Hall–Kier alpha value is -1.87. The van der Waals surface area contributed by atoms with Crippen molar-refractivity contribution in [1.29, 1.82) is 0 Å². The van der Waals surface area contributed by atoms with Crippen LogP contribution in [0.2, 0.25) is 0 Å². The van der Waals surface area contributed by atoms with Gasteiger partial charge in [-0.1, -0.05) is 30.3 Å². The fourth-order valence-corrected chi connectivity index (χ4v) is 2.16. The summed E-state index contributed by atoms with van der Waals surface area (Å²) in [6.45, 7) is 2.33. The van der Waals surface area contributed by atoms with Gasteiger partial charge in [0.2, 0.25) is 0 Å². The number of benzene rings is 2. The summed E-state index contributed by atoms with van der Waals surface area (Å²) in [5.74, 6) is -0.247. The molecule has 0 spiro atoms. The minimum absolute atomic E-state index is 0.247. The summed E-state index contributed by atoms with van der Waals surface area (Å²) >= 11 is 0. The third-order valence-electron chi connectivity index (χ3n) is 3.10. The van der Waals surface area contributed by atoms with E-state index < -0.39 is 0 Å². The molecular formula is C15H17FN2. The van der Waals surface area contributed by atoms with Gasteiger partial charge in [0.1, 0.15) is 5.82 Å². The Morgan fingerprint density at radius 2 is 1.83 bits per heavy atom. The van der Waals surface area contributed by atoms with E-state index in [0.29, 0.717) is 12.2 Å². The summed E-state index contributed by atoms with van der Waals surface area (Å²) in [5, 5.41) is 0. The van der Waals surface area contributed by atoms with Gasteiger partial charge in [0, 0.05) is 19.3 Å². The first-order valence-electron chi connectivity index (χ1n) is 5.92. The van der Waals surface area contributed by atoms with Gasteiger partial charge >= 0.3 is 0 Å². The van der Waals surface area contributed by atoms with Gasteiger partial charge in [0.05, 0.1) is 5.69 Å². The molecule has 2 rings (SSSR count). The fraction of sp³-hybridized carbons (Fsp3) is 0.200. The van der Waals surface area contributed by atoms with Gasteiger partial charge in [-0.25, -0.2) is 4.39 Å². The number of para-hydroxylation sites is 2. The van der Waals surface area contributed by atoms with Crippen LogP contribution in [-0.2, 0) is 6.54 Å². The standard InChI is InChI=1S/C15H17FN2/c1-11-6-3-4-9-14(11)18(2)15-12(10-17)7-5-8-13(15)16/h3-9H,10,17H2,1-2H3. The summed E-state index contributed by atoms with van der Waals surface area (Å²) in [4.78, 5) is 1.85. The van der Waals surface area contributed by atoms with Crippen LogP contribution in [0, 0.1) is 12.7 Å². The number of hydrogen-bond donors (Lipinski definition) is 1. The van der Waals surface area contributed by atoms with E-state index in [1.54, 1.807) is 6.07 Å². The quantitative estimate of drug-likeness (QED) is 0.897. The van der Waals surface area contributed by atoms with Gasteiger partial charge in [-0.3, -0.25) is 0 Å². The molecule has 2 nitrogen and oxygen atoms in total. The van der Waals surface area contributed by atoms with Crippen LogP contribution in [0.15, 0.2) is 42.5 Å². The number of anilines is 2. The van der Waals surface area contributed by atoms with Crippen molar-refractivity contribution in [1.82, 2.24) is 0 Å². The molecule has 18 heavy (non-hydrogen) atoms. The van der Waals surface area contributed by atoms with Crippen LogP contribution in [0.1, 0.15) is 11.1 Å². The fourth-order valence-electron chi connectivity index (χ4n) is 2.16. The van der Waals surface area contributed by atoms with Crippen molar-refractivity contribution in [3.8, 4) is 0 Å². The lowest BCUT2D eigenvalue weighted by atomic mass is 10.1. The highest BCUT2D eigenvalue weighted by Gasteiger charge is 2.14. The largest absolute Gasteiger partial charge is 0.342 e. The second-order valence-electron chi connectivity index (χ2n) is 4.30. The van der Waals surface area contributed by atoms with Crippen LogP contribution >= 0.6 is 0 Å². The molecule has 0 aromatic heterocycles. The van der Waals surface area contributed by atoms with Gasteiger partial charge < -0.3 is 10.6 Å². The highest BCUT2D eigenvalue weighted by molar-refractivity contribution is 5.68. The van der Waals surface area contributed by atoms with Crippen molar-refractivity contribution < 1.29 is 4.39 Å². The molecule has 0 amide bonds. The van der Waals surface area contributed by atoms with Crippen LogP contribution < -0.4 is 10.6 Å². The van der Waals surface area contributed by atoms with Crippen molar-refractivity contribution in [3.05, 3.63) is 59.4 Å². The maximum absolute atomic E-state index is 14.0. The molecular weight excluding hydrogens is 227 g/mol. The molecule has 0 bridgehead atoms. The Kier molecular flexibility index (Phi) is 3.63. The molecule has 2 aromatic rings. The summed E-state index contributed by atoms with van der Waals surface area (Å²) in [7, 11) is 1.86. The summed E-state index contributed by atoms with van der Waals surface area (Å²) < 4.78 is 14.0. The van der Waals surface area contributed by atoms with E-state index in [2.05, 4.69) is 0 Å². The van der Waals surface area contributed by atoms with Crippen LogP contribution in [0.3, 0.4) is 0 Å². The molecule has 0 saturated heterocycles. The van der Waals surface area contributed by atoms with E-state index in [4.69, 9.17) is 5.73 Å². The second kappa shape index (κ2) is 5.19. The zero-order valence-corrected chi connectivity index (χ0v) is 10.7. The molecule has 0 fully saturated rings. The SMILES string of the molecule is Cc1ccccc1N(C)c1c(F)cccc1CN. The number of halogens is 1. The van der Waals surface area contributed by atoms with Gasteiger partial charge in [0.25, 0.3) is 0 Å². The van der Waals surface area contributed by atoms with Crippen molar-refractivity contribution in [2.24, 2.45) is 5.73 Å². The van der Waals surface area contributed by atoms with Gasteiger partial charge in [0.15, 0.2) is 0 Å². The molecule has 0 aliphatic heterocycles. The number of rotatable bonds is 3. The molecule has 0 radical (unpaired) electrons. The van der Waals surface area contributed by atoms with Crippen LogP contribution in [0.5, 0.6) is 0 Å². The van der Waals surface area contributed by atoms with E-state index in [-0.39, 0.29) is 5.82 Å². The zero-order chi connectivity index (χ0) is 13.1. The van der Waals surface area contributed by atoms with Gasteiger partial charge in [-0.15, -0.1) is 0 Å². The van der Waals surface area contributed by atoms with Crippen LogP contribution in [-0.4, -0.2) is 7.05 Å². The van der Waals surface area contributed by atoms with E-state index in [1.165, 1.54) is 6.07 Å².